The van der Waals surface area contributed by atoms with E-state index in [0.29, 0.717) is 25.1 Å². The average Bonchev–Trinajstić information content (AvgIpc) is 3.20. The molecular weight excluding hydrogens is 246 g/mol. The van der Waals surface area contributed by atoms with Gasteiger partial charge in [0.25, 0.3) is 0 Å². The Morgan fingerprint density at radius 3 is 2.32 bits per heavy atom. The van der Waals surface area contributed by atoms with E-state index in [4.69, 9.17) is 9.84 Å². The average molecular weight is 263 g/mol. The number of hydrogen-bond donors (Lipinski definition) is 1. The number of ether oxygens (including phenoxy) is 1. The minimum Gasteiger partial charge on any atom is -0.494 e. The molecule has 0 radical (unpaired) electrons. The lowest BCUT2D eigenvalue weighted by molar-refractivity contribution is -0.148. The van der Waals surface area contributed by atoms with Crippen LogP contribution >= 0.6 is 0 Å². The summed E-state index contributed by atoms with van der Waals surface area (Å²) in [6.45, 7) is 2.48. The number of rotatable bonds is 5. The van der Waals surface area contributed by atoms with Crippen LogP contribution < -0.4 is 9.64 Å². The summed E-state index contributed by atoms with van der Waals surface area (Å²) >= 11 is 0. The zero-order valence-electron chi connectivity index (χ0n) is 11.0. The van der Waals surface area contributed by atoms with Crippen molar-refractivity contribution < 1.29 is 19.4 Å². The topological polar surface area (TPSA) is 66.8 Å². The molecular formula is C14H17NO4. The van der Waals surface area contributed by atoms with Gasteiger partial charge in [-0.25, -0.2) is 0 Å². The fourth-order valence-electron chi connectivity index (χ4n) is 2.02. The molecule has 5 nitrogen and oxygen atoms in total. The highest BCUT2D eigenvalue weighted by atomic mass is 16.5. The van der Waals surface area contributed by atoms with E-state index in [1.165, 1.54) is 4.90 Å². The monoisotopic (exact) mass is 263 g/mol. The van der Waals surface area contributed by atoms with Crippen LogP contribution in [-0.4, -0.2) is 30.6 Å². The normalized spacial score (nSPS) is 15.7. The molecule has 2 rings (SSSR count). The summed E-state index contributed by atoms with van der Waals surface area (Å²) in [5.74, 6) is -0.661. The molecule has 0 bridgehead atoms. The summed E-state index contributed by atoms with van der Waals surface area (Å²) in [7, 11) is 1.60. The van der Waals surface area contributed by atoms with Crippen molar-refractivity contribution in [3.8, 4) is 5.75 Å². The molecule has 1 fully saturated rings. The first-order chi connectivity index (χ1) is 9.01. The standard InChI is InChI=1S/C14H17NO4/c1-3-19-11-6-4-10(5-7-11)15(2)12(16)14(8-9-14)13(17)18/h4-7H,3,8-9H2,1-2H3,(H,17,18). The number of carbonyl (C=O) groups is 2. The number of nitrogens with zero attached hydrogens (tertiary/aromatic N) is 1. The van der Waals surface area contributed by atoms with Gasteiger partial charge in [-0.05, 0) is 44.0 Å². The number of carbonyl (C=O) groups excluding carboxylic acids is 1. The third-order valence-corrected chi connectivity index (χ3v) is 3.41. The summed E-state index contributed by atoms with van der Waals surface area (Å²) in [5, 5.41) is 9.12. The third-order valence-electron chi connectivity index (χ3n) is 3.41. The van der Waals surface area contributed by atoms with Crippen LogP contribution in [0.15, 0.2) is 24.3 Å². The Hall–Kier alpha value is -2.04. The number of hydrogen-bond acceptors (Lipinski definition) is 3. The molecule has 1 aliphatic carbocycles. The van der Waals surface area contributed by atoms with Crippen LogP contribution in [-0.2, 0) is 9.59 Å². The van der Waals surface area contributed by atoms with Gasteiger partial charge in [0.05, 0.1) is 6.61 Å². The van der Waals surface area contributed by atoms with Crippen LogP contribution in [0.4, 0.5) is 5.69 Å². The first-order valence-electron chi connectivity index (χ1n) is 6.25. The van der Waals surface area contributed by atoms with Crippen LogP contribution in [0, 0.1) is 5.41 Å². The summed E-state index contributed by atoms with van der Waals surface area (Å²) in [6, 6.07) is 7.04. The number of carboxylic acids is 1. The van der Waals surface area contributed by atoms with Crippen molar-refractivity contribution in [1.29, 1.82) is 0 Å². The smallest absolute Gasteiger partial charge is 0.319 e. The second kappa shape index (κ2) is 4.91. The van der Waals surface area contributed by atoms with Crippen molar-refractivity contribution in [2.24, 2.45) is 5.41 Å². The van der Waals surface area contributed by atoms with E-state index in [0.717, 1.165) is 5.75 Å². The van der Waals surface area contributed by atoms with Gasteiger partial charge in [0.15, 0.2) is 0 Å². The van der Waals surface area contributed by atoms with E-state index >= 15 is 0 Å². The Bertz CT molecular complexity index is 491. The van der Waals surface area contributed by atoms with E-state index in [2.05, 4.69) is 0 Å². The van der Waals surface area contributed by atoms with Crippen LogP contribution in [0.5, 0.6) is 5.75 Å². The predicted molar refractivity (Wildman–Crippen MR) is 70.3 cm³/mol. The zero-order valence-corrected chi connectivity index (χ0v) is 11.0. The molecule has 1 aromatic rings. The fourth-order valence-corrected chi connectivity index (χ4v) is 2.02. The van der Waals surface area contributed by atoms with Crippen LogP contribution in [0.2, 0.25) is 0 Å². The Labute approximate surface area is 111 Å². The maximum absolute atomic E-state index is 12.2. The van der Waals surface area contributed by atoms with Crippen molar-refractivity contribution in [2.45, 2.75) is 19.8 Å². The van der Waals surface area contributed by atoms with Gasteiger partial charge in [-0.1, -0.05) is 0 Å². The van der Waals surface area contributed by atoms with E-state index in [1.807, 2.05) is 6.92 Å². The molecule has 0 heterocycles. The molecule has 0 spiro atoms. The number of amides is 1. The fraction of sp³-hybridized carbons (Fsp3) is 0.429. The highest BCUT2D eigenvalue weighted by molar-refractivity contribution is 6.11. The number of aliphatic carboxylic acids is 1. The molecule has 0 saturated heterocycles. The summed E-state index contributed by atoms with van der Waals surface area (Å²) < 4.78 is 5.32. The number of benzene rings is 1. The Morgan fingerprint density at radius 2 is 1.89 bits per heavy atom. The van der Waals surface area contributed by atoms with Gasteiger partial charge in [0, 0.05) is 12.7 Å². The minimum absolute atomic E-state index is 0.357. The molecule has 0 aromatic heterocycles. The molecule has 0 unspecified atom stereocenters. The molecule has 1 N–H and O–H groups in total. The number of anilines is 1. The van der Waals surface area contributed by atoms with E-state index < -0.39 is 11.4 Å². The highest BCUT2D eigenvalue weighted by Crippen LogP contribution is 2.47. The van der Waals surface area contributed by atoms with Crippen molar-refractivity contribution in [3.63, 3.8) is 0 Å². The first-order valence-corrected chi connectivity index (χ1v) is 6.25. The molecule has 5 heteroatoms. The van der Waals surface area contributed by atoms with E-state index in [1.54, 1.807) is 31.3 Å². The van der Waals surface area contributed by atoms with Gasteiger partial charge in [-0.2, -0.15) is 0 Å². The molecule has 1 aromatic carbocycles. The maximum atomic E-state index is 12.2. The van der Waals surface area contributed by atoms with Crippen molar-refractivity contribution in [3.05, 3.63) is 24.3 Å². The molecule has 1 saturated carbocycles. The SMILES string of the molecule is CCOc1ccc(N(C)C(=O)C2(C(=O)O)CC2)cc1. The quantitative estimate of drug-likeness (QED) is 0.824. The van der Waals surface area contributed by atoms with Crippen LogP contribution in [0.25, 0.3) is 0 Å². The lowest BCUT2D eigenvalue weighted by Crippen LogP contribution is -2.38. The highest BCUT2D eigenvalue weighted by Gasteiger charge is 2.58. The van der Waals surface area contributed by atoms with Crippen LogP contribution in [0.1, 0.15) is 19.8 Å². The lowest BCUT2D eigenvalue weighted by atomic mass is 10.1. The minimum atomic E-state index is -1.20. The molecule has 102 valence electrons. The summed E-state index contributed by atoms with van der Waals surface area (Å²) in [4.78, 5) is 24.7. The van der Waals surface area contributed by atoms with Crippen molar-refractivity contribution >= 4 is 17.6 Å². The Balaban J connectivity index is 2.13. The molecule has 19 heavy (non-hydrogen) atoms. The number of carboxylic acid groups (broad SMARTS) is 1. The lowest BCUT2D eigenvalue weighted by Gasteiger charge is -2.21. The van der Waals surface area contributed by atoms with Gasteiger partial charge in [-0.15, -0.1) is 0 Å². The second-order valence-corrected chi connectivity index (χ2v) is 4.68. The second-order valence-electron chi connectivity index (χ2n) is 4.68. The van der Waals surface area contributed by atoms with Gasteiger partial charge >= 0.3 is 5.97 Å². The zero-order chi connectivity index (χ0) is 14.0. The molecule has 1 aliphatic rings. The third kappa shape index (κ3) is 2.41. The molecule has 1 amide bonds. The predicted octanol–water partition coefficient (Wildman–Crippen LogP) is 1.91. The maximum Gasteiger partial charge on any atom is 0.319 e. The van der Waals surface area contributed by atoms with E-state index in [-0.39, 0.29) is 5.91 Å². The molecule has 0 atom stereocenters. The van der Waals surface area contributed by atoms with E-state index in [9.17, 15) is 9.59 Å². The first kappa shape index (κ1) is 13.4. The van der Waals surface area contributed by atoms with Crippen molar-refractivity contribution in [1.82, 2.24) is 0 Å². The van der Waals surface area contributed by atoms with Gasteiger partial charge in [0.2, 0.25) is 5.91 Å². The summed E-state index contributed by atoms with van der Waals surface area (Å²) in [6.07, 6.45) is 0.838. The largest absolute Gasteiger partial charge is 0.494 e. The Kier molecular flexibility index (Phi) is 3.46. The Morgan fingerprint density at radius 1 is 1.32 bits per heavy atom. The van der Waals surface area contributed by atoms with Gasteiger partial charge in [0.1, 0.15) is 11.2 Å². The van der Waals surface area contributed by atoms with Gasteiger partial charge in [-0.3, -0.25) is 9.59 Å². The van der Waals surface area contributed by atoms with Crippen LogP contribution in [0.3, 0.4) is 0 Å². The van der Waals surface area contributed by atoms with Gasteiger partial charge < -0.3 is 14.7 Å². The summed E-state index contributed by atoms with van der Waals surface area (Å²) in [5.41, 5.74) is -0.533. The molecule has 0 aliphatic heterocycles. The van der Waals surface area contributed by atoms with Crippen molar-refractivity contribution in [2.75, 3.05) is 18.6 Å².